The summed E-state index contributed by atoms with van der Waals surface area (Å²) in [6.45, 7) is 6.66. The van der Waals surface area contributed by atoms with Gasteiger partial charge in [-0.25, -0.2) is 14.1 Å². The third kappa shape index (κ3) is 4.70. The summed E-state index contributed by atoms with van der Waals surface area (Å²) < 4.78 is 17.0. The highest BCUT2D eigenvalue weighted by Crippen LogP contribution is 2.34. The Morgan fingerprint density at radius 2 is 1.97 bits per heavy atom. The third-order valence-corrected chi connectivity index (χ3v) is 7.51. The first-order chi connectivity index (χ1) is 17.0. The van der Waals surface area contributed by atoms with Crippen molar-refractivity contribution in [1.29, 1.82) is 0 Å². The Kier molecular flexibility index (Phi) is 7.10. The lowest BCUT2D eigenvalue weighted by Gasteiger charge is -2.34. The van der Waals surface area contributed by atoms with Crippen LogP contribution in [-0.2, 0) is 15.4 Å². The Morgan fingerprint density at radius 1 is 1.28 bits per heavy atom. The molecule has 0 bridgehead atoms. The smallest absolute Gasteiger partial charge is 0.284 e. The maximum atomic E-state index is 16.2. The quantitative estimate of drug-likeness (QED) is 0.439. The van der Waals surface area contributed by atoms with E-state index in [1.54, 1.807) is 16.8 Å². The van der Waals surface area contributed by atoms with Gasteiger partial charge in [-0.1, -0.05) is 43.3 Å². The van der Waals surface area contributed by atoms with Gasteiger partial charge in [-0.3, -0.25) is 9.59 Å². The Morgan fingerprint density at radius 3 is 2.53 bits per heavy atom. The van der Waals surface area contributed by atoms with Gasteiger partial charge in [0.1, 0.15) is 6.04 Å². The van der Waals surface area contributed by atoms with Crippen LogP contribution in [0.4, 0.5) is 10.2 Å². The standard InChI is InChI=1S/C24H30FN7O3S/c1-13(2)24(25,32-11-20(26)29-30-32)23(35)31-10-18(33)9-19(31)22(34)28-14(3)16-5-7-17(8-6-16)21-15(4)27-12-36-21/h5-8,11-14,18-19,33H,9-10,26H2,1-4H3,(H,28,34)/t14-,18+,19-,24-/m0/s1. The Balaban J connectivity index is 1.51. The molecule has 2 amide bonds. The molecule has 1 aromatic carbocycles. The predicted molar refractivity (Wildman–Crippen MR) is 133 cm³/mol. The number of nitrogens with zero attached hydrogens (tertiary/aromatic N) is 5. The van der Waals surface area contributed by atoms with Gasteiger partial charge < -0.3 is 21.1 Å². The summed E-state index contributed by atoms with van der Waals surface area (Å²) in [6, 6.07) is 6.37. The van der Waals surface area contributed by atoms with Crippen molar-refractivity contribution in [2.24, 2.45) is 5.92 Å². The second-order valence-corrected chi connectivity index (χ2v) is 10.3. The van der Waals surface area contributed by atoms with Crippen LogP contribution in [0.5, 0.6) is 0 Å². The van der Waals surface area contributed by atoms with Crippen molar-refractivity contribution >= 4 is 29.0 Å². The van der Waals surface area contributed by atoms with Gasteiger partial charge in [-0.2, -0.15) is 0 Å². The molecule has 3 aromatic rings. The van der Waals surface area contributed by atoms with Crippen molar-refractivity contribution in [3.05, 3.63) is 47.2 Å². The molecule has 1 fully saturated rings. The molecule has 4 N–H and O–H groups in total. The van der Waals surface area contributed by atoms with E-state index in [1.807, 2.05) is 38.1 Å². The number of rotatable bonds is 7. The topological polar surface area (TPSA) is 139 Å². The van der Waals surface area contributed by atoms with E-state index in [0.29, 0.717) is 0 Å². The molecule has 1 aliphatic rings. The van der Waals surface area contributed by atoms with Crippen molar-refractivity contribution in [2.75, 3.05) is 12.3 Å². The number of aliphatic hydroxyl groups is 1. The highest BCUT2D eigenvalue weighted by atomic mass is 32.1. The fourth-order valence-electron chi connectivity index (χ4n) is 4.43. The molecule has 0 aliphatic carbocycles. The summed E-state index contributed by atoms with van der Waals surface area (Å²) >= 11 is 1.56. The highest BCUT2D eigenvalue weighted by molar-refractivity contribution is 7.13. The first kappa shape index (κ1) is 25.7. The summed E-state index contributed by atoms with van der Waals surface area (Å²) in [7, 11) is 0. The summed E-state index contributed by atoms with van der Waals surface area (Å²) in [5, 5.41) is 20.4. The molecule has 36 heavy (non-hydrogen) atoms. The average molecular weight is 516 g/mol. The first-order valence-corrected chi connectivity index (χ1v) is 12.6. The van der Waals surface area contributed by atoms with Crippen LogP contribution in [0, 0.1) is 12.8 Å². The van der Waals surface area contributed by atoms with Crippen LogP contribution in [0.15, 0.2) is 36.0 Å². The second kappa shape index (κ2) is 9.94. The monoisotopic (exact) mass is 515 g/mol. The number of aliphatic hydroxyl groups excluding tert-OH is 1. The Labute approximate surface area is 212 Å². The van der Waals surface area contributed by atoms with E-state index in [9.17, 15) is 14.7 Å². The number of hydrogen-bond acceptors (Lipinski definition) is 8. The maximum Gasteiger partial charge on any atom is 0.284 e. The van der Waals surface area contributed by atoms with Crippen LogP contribution in [0.3, 0.4) is 0 Å². The molecule has 12 heteroatoms. The van der Waals surface area contributed by atoms with Crippen molar-refractivity contribution in [1.82, 2.24) is 30.2 Å². The van der Waals surface area contributed by atoms with Crippen molar-refractivity contribution in [3.8, 4) is 10.4 Å². The van der Waals surface area contributed by atoms with Gasteiger partial charge in [0, 0.05) is 18.9 Å². The van der Waals surface area contributed by atoms with Crippen LogP contribution in [0.1, 0.15) is 44.5 Å². The first-order valence-electron chi connectivity index (χ1n) is 11.7. The normalized spacial score (nSPS) is 20.4. The van der Waals surface area contributed by atoms with Gasteiger partial charge in [-0.05, 0) is 25.0 Å². The molecule has 192 valence electrons. The molecule has 0 unspecified atom stereocenters. The van der Waals surface area contributed by atoms with Crippen molar-refractivity contribution in [3.63, 3.8) is 0 Å². The number of aromatic nitrogens is 4. The largest absolute Gasteiger partial charge is 0.391 e. The van der Waals surface area contributed by atoms with Gasteiger partial charge in [0.15, 0.2) is 5.82 Å². The molecule has 0 spiro atoms. The predicted octanol–water partition coefficient (Wildman–Crippen LogP) is 2.41. The number of nitrogens with two attached hydrogens (primary N) is 1. The summed E-state index contributed by atoms with van der Waals surface area (Å²) in [5.41, 5.74) is 10.2. The molecule has 1 aliphatic heterocycles. The van der Waals surface area contributed by atoms with Gasteiger partial charge in [0.05, 0.1) is 34.4 Å². The minimum Gasteiger partial charge on any atom is -0.391 e. The molecule has 0 radical (unpaired) electrons. The van der Waals surface area contributed by atoms with Crippen LogP contribution >= 0.6 is 11.3 Å². The third-order valence-electron chi connectivity index (χ3n) is 6.53. The molecule has 4 rings (SSSR count). The number of carbonyl (C=O) groups excluding carboxylic acids is 2. The van der Waals surface area contributed by atoms with Crippen LogP contribution in [0.25, 0.3) is 10.4 Å². The summed E-state index contributed by atoms with van der Waals surface area (Å²) in [4.78, 5) is 33.1. The van der Waals surface area contributed by atoms with E-state index in [2.05, 4.69) is 20.6 Å². The zero-order valence-corrected chi connectivity index (χ0v) is 21.4. The lowest BCUT2D eigenvalue weighted by molar-refractivity contribution is -0.161. The fourth-order valence-corrected chi connectivity index (χ4v) is 5.24. The number of nitrogen functional groups attached to an aromatic ring is 1. The van der Waals surface area contributed by atoms with E-state index in [4.69, 9.17) is 5.73 Å². The fraction of sp³-hybridized carbons (Fsp3) is 0.458. The molecule has 0 saturated carbocycles. The van der Waals surface area contributed by atoms with Crippen LogP contribution in [0.2, 0.25) is 0 Å². The van der Waals surface area contributed by atoms with Crippen molar-refractivity contribution in [2.45, 2.75) is 58.1 Å². The minimum atomic E-state index is -2.62. The molecule has 2 aromatic heterocycles. The number of nitrogens with one attached hydrogen (secondary N) is 1. The van der Waals surface area contributed by atoms with E-state index in [1.165, 1.54) is 13.8 Å². The van der Waals surface area contributed by atoms with Gasteiger partial charge >= 0.3 is 0 Å². The molecule has 10 nitrogen and oxygen atoms in total. The molecular formula is C24H30FN7O3S. The van der Waals surface area contributed by atoms with E-state index in [0.717, 1.165) is 37.5 Å². The lowest BCUT2D eigenvalue weighted by atomic mass is 9.99. The van der Waals surface area contributed by atoms with Gasteiger partial charge in [0.2, 0.25) is 5.91 Å². The SMILES string of the molecule is Cc1ncsc1-c1ccc([C@H](C)NC(=O)[C@@H]2C[C@@H](O)CN2C(=O)[C@](F)(C(C)C)n2cc(N)nn2)cc1. The highest BCUT2D eigenvalue weighted by Gasteiger charge is 2.52. The Bertz CT molecular complexity index is 1240. The number of amides is 2. The molecule has 4 atom stereocenters. The Hall–Kier alpha value is -3.38. The van der Waals surface area contributed by atoms with Crippen LogP contribution < -0.4 is 11.1 Å². The number of aryl methyl sites for hydroxylation is 1. The van der Waals surface area contributed by atoms with E-state index < -0.39 is 35.7 Å². The minimum absolute atomic E-state index is 0.00154. The van der Waals surface area contributed by atoms with Gasteiger partial charge in [0.25, 0.3) is 11.7 Å². The van der Waals surface area contributed by atoms with Gasteiger partial charge in [-0.15, -0.1) is 16.4 Å². The number of benzene rings is 1. The van der Waals surface area contributed by atoms with E-state index >= 15 is 4.39 Å². The number of thiazole rings is 1. The number of β-amino-alcohol motifs (C(OH)–C–C–N with tert-alkyl or cyclic N) is 1. The lowest BCUT2D eigenvalue weighted by Crippen LogP contribution is -2.55. The zero-order chi connectivity index (χ0) is 26.2. The number of halogens is 1. The molecule has 3 heterocycles. The number of alkyl halides is 1. The number of anilines is 1. The summed E-state index contributed by atoms with van der Waals surface area (Å²) in [5.74, 6) is -4.95. The average Bonchev–Trinajstić information content (AvgIpc) is 3.57. The van der Waals surface area contributed by atoms with Crippen LogP contribution in [-0.4, -0.2) is 60.5 Å². The maximum absolute atomic E-state index is 16.2. The van der Waals surface area contributed by atoms with Crippen molar-refractivity contribution < 1.29 is 19.1 Å². The zero-order valence-electron chi connectivity index (χ0n) is 20.6. The second-order valence-electron chi connectivity index (χ2n) is 9.40. The number of likely N-dealkylation sites (tertiary alicyclic amines) is 1. The molecule has 1 saturated heterocycles. The van der Waals surface area contributed by atoms with E-state index in [-0.39, 0.29) is 24.8 Å². The number of hydrogen-bond donors (Lipinski definition) is 3. The number of carbonyl (C=O) groups is 2. The summed E-state index contributed by atoms with van der Waals surface area (Å²) in [6.07, 6.45) is 0.180. The molecular weight excluding hydrogens is 485 g/mol.